The molecule has 0 amide bonds. The number of benzene rings is 1. The number of aliphatic carboxylic acids is 1. The molecular weight excluding hydrogens is 274 g/mol. The van der Waals surface area contributed by atoms with Crippen LogP contribution in [0.15, 0.2) is 23.1 Å². The molecule has 7 nitrogen and oxygen atoms in total. The van der Waals surface area contributed by atoms with Crippen molar-refractivity contribution in [3.05, 3.63) is 18.2 Å². The number of likely N-dealkylation sites (N-methyl/N-ethyl adjacent to an activating group) is 1. The van der Waals surface area contributed by atoms with E-state index in [4.69, 9.17) is 9.47 Å². The van der Waals surface area contributed by atoms with Crippen molar-refractivity contribution >= 4 is 16.0 Å². The average molecular weight is 288 g/mol. The molecule has 0 unspecified atom stereocenters. The Morgan fingerprint density at radius 3 is 2.42 bits per heavy atom. The summed E-state index contributed by atoms with van der Waals surface area (Å²) in [5, 5.41) is 10.5. The maximum Gasteiger partial charge on any atom is 0.246 e. The summed E-state index contributed by atoms with van der Waals surface area (Å²) in [4.78, 5) is 10.3. The number of hydrogen-bond donors (Lipinski definition) is 0. The summed E-state index contributed by atoms with van der Waals surface area (Å²) in [5.74, 6) is -1.07. The van der Waals surface area contributed by atoms with Gasteiger partial charge in [0.05, 0.1) is 26.7 Å². The van der Waals surface area contributed by atoms with Crippen molar-refractivity contribution in [2.45, 2.75) is 4.90 Å². The van der Waals surface area contributed by atoms with Crippen LogP contribution in [0.5, 0.6) is 11.5 Å². The van der Waals surface area contributed by atoms with Gasteiger partial charge in [0.2, 0.25) is 10.0 Å². The number of carboxylic acid groups (broad SMARTS) is 1. The smallest absolute Gasteiger partial charge is 0.246 e. The molecule has 0 aromatic heterocycles. The van der Waals surface area contributed by atoms with Gasteiger partial charge in [-0.15, -0.1) is 0 Å². The van der Waals surface area contributed by atoms with Crippen LogP contribution < -0.4 is 14.6 Å². The Labute approximate surface area is 111 Å². The Morgan fingerprint density at radius 1 is 1.32 bits per heavy atom. The molecule has 0 fully saturated rings. The van der Waals surface area contributed by atoms with Crippen molar-refractivity contribution in [3.8, 4) is 11.5 Å². The quantitative estimate of drug-likeness (QED) is 0.671. The van der Waals surface area contributed by atoms with Gasteiger partial charge in [-0.3, -0.25) is 0 Å². The first-order valence-corrected chi connectivity index (χ1v) is 6.65. The summed E-state index contributed by atoms with van der Waals surface area (Å²) in [6.45, 7) is -0.747. The van der Waals surface area contributed by atoms with Gasteiger partial charge < -0.3 is 19.4 Å². The minimum Gasteiger partial charge on any atom is -0.549 e. The number of carboxylic acids is 1. The Kier molecular flexibility index (Phi) is 4.73. The van der Waals surface area contributed by atoms with E-state index in [-0.39, 0.29) is 10.6 Å². The van der Waals surface area contributed by atoms with Crippen LogP contribution in [0.3, 0.4) is 0 Å². The van der Waals surface area contributed by atoms with Crippen LogP contribution in [0.4, 0.5) is 0 Å². The van der Waals surface area contributed by atoms with Crippen LogP contribution >= 0.6 is 0 Å². The Hall–Kier alpha value is -1.80. The predicted octanol–water partition coefficient (Wildman–Crippen LogP) is -0.926. The largest absolute Gasteiger partial charge is 0.549 e. The number of carbonyl (C=O) groups is 1. The fourth-order valence-corrected chi connectivity index (χ4v) is 2.70. The van der Waals surface area contributed by atoms with E-state index in [2.05, 4.69) is 0 Å². The molecule has 1 aromatic rings. The van der Waals surface area contributed by atoms with Crippen molar-refractivity contribution in [1.82, 2.24) is 4.31 Å². The van der Waals surface area contributed by atoms with Crippen LogP contribution in [0.25, 0.3) is 0 Å². The first-order valence-electron chi connectivity index (χ1n) is 5.21. The van der Waals surface area contributed by atoms with Crippen molar-refractivity contribution in [2.24, 2.45) is 0 Å². The lowest BCUT2D eigenvalue weighted by atomic mass is 10.3. The number of rotatable bonds is 6. The Balaban J connectivity index is 3.29. The molecular formula is C11H14NO6S-. The van der Waals surface area contributed by atoms with E-state index >= 15 is 0 Å². The molecule has 8 heteroatoms. The molecule has 0 aliphatic carbocycles. The SMILES string of the molecule is COc1ccc(OC)c(S(=O)(=O)N(C)CC(=O)[O-])c1. The van der Waals surface area contributed by atoms with Gasteiger partial charge in [-0.05, 0) is 12.1 Å². The molecule has 0 aliphatic rings. The van der Waals surface area contributed by atoms with Crippen molar-refractivity contribution < 1.29 is 27.8 Å². The minimum absolute atomic E-state index is 0.103. The third-order valence-electron chi connectivity index (χ3n) is 2.41. The highest BCUT2D eigenvalue weighted by Crippen LogP contribution is 2.29. The number of carbonyl (C=O) groups excluding carboxylic acids is 1. The first-order chi connectivity index (χ1) is 8.82. The fraction of sp³-hybridized carbons (Fsp3) is 0.364. The van der Waals surface area contributed by atoms with Crippen LogP contribution in [0.1, 0.15) is 0 Å². The van der Waals surface area contributed by atoms with E-state index < -0.39 is 22.5 Å². The molecule has 1 aromatic carbocycles. The molecule has 0 bridgehead atoms. The molecule has 0 N–H and O–H groups in total. The molecule has 0 spiro atoms. The van der Waals surface area contributed by atoms with Crippen LogP contribution in [0.2, 0.25) is 0 Å². The summed E-state index contributed by atoms with van der Waals surface area (Å²) < 4.78 is 35.0. The highest BCUT2D eigenvalue weighted by atomic mass is 32.2. The van der Waals surface area contributed by atoms with E-state index in [0.717, 1.165) is 7.05 Å². The number of sulfonamides is 1. The Morgan fingerprint density at radius 2 is 1.95 bits per heavy atom. The highest BCUT2D eigenvalue weighted by molar-refractivity contribution is 7.89. The van der Waals surface area contributed by atoms with Gasteiger partial charge in [-0.1, -0.05) is 0 Å². The van der Waals surface area contributed by atoms with E-state index in [9.17, 15) is 18.3 Å². The average Bonchev–Trinajstić information content (AvgIpc) is 2.37. The predicted molar refractivity (Wildman–Crippen MR) is 64.4 cm³/mol. The normalized spacial score (nSPS) is 11.4. The van der Waals surface area contributed by atoms with Gasteiger partial charge in [-0.2, -0.15) is 4.31 Å². The van der Waals surface area contributed by atoms with Crippen LogP contribution in [-0.2, 0) is 14.8 Å². The molecule has 0 aliphatic heterocycles. The van der Waals surface area contributed by atoms with Crippen LogP contribution in [0, 0.1) is 0 Å². The second-order valence-corrected chi connectivity index (χ2v) is 5.66. The monoisotopic (exact) mass is 288 g/mol. The van der Waals surface area contributed by atoms with Crippen molar-refractivity contribution in [1.29, 1.82) is 0 Å². The highest BCUT2D eigenvalue weighted by Gasteiger charge is 2.25. The summed E-state index contributed by atoms with van der Waals surface area (Å²) in [6, 6.07) is 4.23. The van der Waals surface area contributed by atoms with Gasteiger partial charge in [0, 0.05) is 13.1 Å². The van der Waals surface area contributed by atoms with E-state index in [1.807, 2.05) is 0 Å². The molecule has 0 saturated carbocycles. The fourth-order valence-electron chi connectivity index (χ4n) is 1.42. The second-order valence-electron chi connectivity index (χ2n) is 3.65. The van der Waals surface area contributed by atoms with Gasteiger partial charge in [0.1, 0.15) is 16.4 Å². The lowest BCUT2D eigenvalue weighted by molar-refractivity contribution is -0.305. The zero-order valence-electron chi connectivity index (χ0n) is 10.7. The number of nitrogens with zero attached hydrogens (tertiary/aromatic N) is 1. The lowest BCUT2D eigenvalue weighted by Gasteiger charge is -2.19. The van der Waals surface area contributed by atoms with Crippen LogP contribution in [-0.4, -0.2) is 46.5 Å². The Bertz CT molecular complexity index is 569. The molecule has 106 valence electrons. The van der Waals surface area contributed by atoms with E-state index in [1.165, 1.54) is 32.4 Å². The van der Waals surface area contributed by atoms with E-state index in [1.54, 1.807) is 0 Å². The standard InChI is InChI=1S/C11H15NO6S/c1-12(7-11(13)14)19(15,16)10-6-8(17-2)4-5-9(10)18-3/h4-6H,7H2,1-3H3,(H,13,14)/p-1. The third kappa shape index (κ3) is 3.36. The number of hydrogen-bond acceptors (Lipinski definition) is 6. The van der Waals surface area contributed by atoms with Crippen molar-refractivity contribution in [3.63, 3.8) is 0 Å². The summed E-state index contributed by atoms with van der Waals surface area (Å²) in [7, 11) is -0.148. The molecule has 0 saturated heterocycles. The van der Waals surface area contributed by atoms with Gasteiger partial charge >= 0.3 is 0 Å². The van der Waals surface area contributed by atoms with E-state index in [0.29, 0.717) is 10.1 Å². The lowest BCUT2D eigenvalue weighted by Crippen LogP contribution is -2.39. The van der Waals surface area contributed by atoms with Crippen molar-refractivity contribution in [2.75, 3.05) is 27.8 Å². The number of ether oxygens (including phenoxy) is 2. The number of methoxy groups -OCH3 is 2. The zero-order chi connectivity index (χ0) is 14.6. The first kappa shape index (κ1) is 15.3. The maximum atomic E-state index is 12.2. The summed E-state index contributed by atoms with van der Waals surface area (Å²) in [6.07, 6.45) is 0. The molecule has 0 atom stereocenters. The van der Waals surface area contributed by atoms with Gasteiger partial charge in [0.15, 0.2) is 0 Å². The van der Waals surface area contributed by atoms with Gasteiger partial charge in [0.25, 0.3) is 0 Å². The summed E-state index contributed by atoms with van der Waals surface area (Å²) >= 11 is 0. The molecule has 0 radical (unpaired) electrons. The van der Waals surface area contributed by atoms with Gasteiger partial charge in [-0.25, -0.2) is 8.42 Å². The molecule has 19 heavy (non-hydrogen) atoms. The second kappa shape index (κ2) is 5.89. The summed E-state index contributed by atoms with van der Waals surface area (Å²) in [5.41, 5.74) is 0. The maximum absolute atomic E-state index is 12.2. The molecule has 1 rings (SSSR count). The minimum atomic E-state index is -4.00. The third-order valence-corrected chi connectivity index (χ3v) is 4.24. The zero-order valence-corrected chi connectivity index (χ0v) is 11.6. The molecule has 0 heterocycles. The topological polar surface area (TPSA) is 96.0 Å².